The summed E-state index contributed by atoms with van der Waals surface area (Å²) in [6, 6.07) is 10.00. The van der Waals surface area contributed by atoms with Crippen molar-refractivity contribution < 1.29 is 13.7 Å². The molecule has 0 atom stereocenters. The van der Waals surface area contributed by atoms with Gasteiger partial charge in [-0.2, -0.15) is 0 Å². The van der Waals surface area contributed by atoms with Crippen molar-refractivity contribution in [3.05, 3.63) is 48.3 Å². The highest BCUT2D eigenvalue weighted by molar-refractivity contribution is 6.00. The van der Waals surface area contributed by atoms with Crippen LogP contribution in [0.1, 0.15) is 0 Å². The molecule has 0 radical (unpaired) electrons. The van der Waals surface area contributed by atoms with Crippen LogP contribution in [0.15, 0.2) is 47.0 Å². The van der Waals surface area contributed by atoms with Gasteiger partial charge < -0.3 is 15.2 Å². The summed E-state index contributed by atoms with van der Waals surface area (Å²) in [4.78, 5) is 11.8. The quantitative estimate of drug-likeness (QED) is 0.751. The fourth-order valence-electron chi connectivity index (χ4n) is 1.69. The van der Waals surface area contributed by atoms with Crippen LogP contribution in [0.3, 0.4) is 0 Å². The van der Waals surface area contributed by atoms with Gasteiger partial charge in [0, 0.05) is 16.6 Å². The molecule has 3 rings (SSSR count). The first-order chi connectivity index (χ1) is 9.70. The number of carbonyl (C=O) groups excluding carboxylic acids is 1. The second kappa shape index (κ2) is 4.96. The van der Waals surface area contributed by atoms with E-state index in [2.05, 4.69) is 21.0 Å². The van der Waals surface area contributed by atoms with Gasteiger partial charge in [-0.15, -0.1) is 5.10 Å². The number of rotatable bonds is 2. The summed E-state index contributed by atoms with van der Waals surface area (Å²) in [5.41, 5.74) is 2.12. The molecular weight excluding hydrogens is 263 g/mol. The Hall–Kier alpha value is -2.96. The van der Waals surface area contributed by atoms with Crippen molar-refractivity contribution in [3.63, 3.8) is 0 Å². The van der Waals surface area contributed by atoms with Crippen LogP contribution in [0.5, 0.6) is 0 Å². The number of nitrogens with zero attached hydrogens (tertiary/aromatic N) is 2. The number of nitrogens with one attached hydrogen (secondary N) is 2. The van der Waals surface area contributed by atoms with Crippen LogP contribution in [0.4, 0.5) is 20.6 Å². The molecule has 0 bridgehead atoms. The minimum Gasteiger partial charge on any atom is -0.337 e. The SMILES string of the molecule is O=C(Nc1ccc(F)cc1)Nc1ccc2onnc2c1. The van der Waals surface area contributed by atoms with Crippen molar-refractivity contribution in [2.24, 2.45) is 0 Å². The van der Waals surface area contributed by atoms with E-state index in [-0.39, 0.29) is 5.82 Å². The molecule has 1 aromatic heterocycles. The zero-order valence-corrected chi connectivity index (χ0v) is 10.1. The summed E-state index contributed by atoms with van der Waals surface area (Å²) in [5.74, 6) is -0.361. The van der Waals surface area contributed by atoms with Crippen LogP contribution in [-0.2, 0) is 0 Å². The molecule has 20 heavy (non-hydrogen) atoms. The fraction of sp³-hybridized carbons (Fsp3) is 0. The molecule has 0 fully saturated rings. The van der Waals surface area contributed by atoms with Gasteiger partial charge in [0.1, 0.15) is 11.3 Å². The third kappa shape index (κ3) is 2.56. The van der Waals surface area contributed by atoms with E-state index in [1.807, 2.05) is 0 Å². The number of aromatic nitrogens is 2. The van der Waals surface area contributed by atoms with E-state index in [0.717, 1.165) is 0 Å². The highest BCUT2D eigenvalue weighted by atomic mass is 19.1. The van der Waals surface area contributed by atoms with Crippen LogP contribution < -0.4 is 10.6 Å². The molecule has 0 saturated carbocycles. The fourth-order valence-corrected chi connectivity index (χ4v) is 1.69. The average molecular weight is 272 g/mol. The van der Waals surface area contributed by atoms with Crippen molar-refractivity contribution in [2.75, 3.05) is 10.6 Å². The van der Waals surface area contributed by atoms with E-state index in [1.165, 1.54) is 24.3 Å². The van der Waals surface area contributed by atoms with E-state index in [9.17, 15) is 9.18 Å². The van der Waals surface area contributed by atoms with Gasteiger partial charge >= 0.3 is 6.03 Å². The predicted octanol–water partition coefficient (Wildman–Crippen LogP) is 3.01. The molecule has 0 aliphatic heterocycles. The number of fused-ring (bicyclic) bond motifs is 1. The van der Waals surface area contributed by atoms with Crippen molar-refractivity contribution in [1.29, 1.82) is 0 Å². The van der Waals surface area contributed by atoms with Crippen molar-refractivity contribution in [1.82, 2.24) is 10.4 Å². The Morgan fingerprint density at radius 1 is 1.05 bits per heavy atom. The van der Waals surface area contributed by atoms with E-state index >= 15 is 0 Å². The Morgan fingerprint density at radius 3 is 2.55 bits per heavy atom. The number of halogens is 1. The van der Waals surface area contributed by atoms with E-state index in [4.69, 9.17) is 4.52 Å². The maximum absolute atomic E-state index is 12.7. The molecule has 6 nitrogen and oxygen atoms in total. The van der Waals surface area contributed by atoms with E-state index in [0.29, 0.717) is 22.5 Å². The van der Waals surface area contributed by atoms with E-state index < -0.39 is 6.03 Å². The average Bonchev–Trinajstić information content (AvgIpc) is 2.89. The number of amides is 2. The lowest BCUT2D eigenvalue weighted by molar-refractivity contribution is 0.262. The molecule has 1 heterocycles. The third-order valence-corrected chi connectivity index (χ3v) is 2.61. The second-order valence-corrected chi connectivity index (χ2v) is 4.04. The molecule has 0 aliphatic carbocycles. The predicted molar refractivity (Wildman–Crippen MR) is 70.8 cm³/mol. The molecular formula is C13H9FN4O2. The Labute approximate surface area is 112 Å². The summed E-state index contributed by atoms with van der Waals surface area (Å²) in [6.45, 7) is 0. The van der Waals surface area contributed by atoms with Gasteiger partial charge in [-0.05, 0) is 42.5 Å². The second-order valence-electron chi connectivity index (χ2n) is 4.04. The van der Waals surface area contributed by atoms with Crippen LogP contribution in [-0.4, -0.2) is 16.4 Å². The Kier molecular flexibility index (Phi) is 3.00. The summed E-state index contributed by atoms with van der Waals surface area (Å²) in [6.07, 6.45) is 0. The van der Waals surface area contributed by atoms with Gasteiger partial charge in [-0.3, -0.25) is 0 Å². The summed E-state index contributed by atoms with van der Waals surface area (Å²) >= 11 is 0. The molecule has 0 unspecified atom stereocenters. The van der Waals surface area contributed by atoms with Crippen LogP contribution >= 0.6 is 0 Å². The molecule has 2 aromatic carbocycles. The molecule has 100 valence electrons. The minimum absolute atomic E-state index is 0.361. The highest BCUT2D eigenvalue weighted by Crippen LogP contribution is 2.17. The van der Waals surface area contributed by atoms with Crippen molar-refractivity contribution >= 4 is 28.5 Å². The number of hydrogen-bond donors (Lipinski definition) is 2. The molecule has 0 saturated heterocycles. The van der Waals surface area contributed by atoms with Gasteiger partial charge in [-0.25, -0.2) is 9.18 Å². The standard InChI is InChI=1S/C13H9FN4O2/c14-8-1-3-9(4-2-8)15-13(19)16-10-5-6-12-11(7-10)17-18-20-12/h1-7H,(H2,15,16,19). The molecule has 3 aromatic rings. The summed E-state index contributed by atoms with van der Waals surface area (Å²) in [5, 5.41) is 12.4. The topological polar surface area (TPSA) is 80.0 Å². The van der Waals surface area contributed by atoms with E-state index in [1.54, 1.807) is 18.2 Å². The van der Waals surface area contributed by atoms with Gasteiger partial charge in [0.05, 0.1) is 0 Å². The largest absolute Gasteiger partial charge is 0.337 e. The van der Waals surface area contributed by atoms with Gasteiger partial charge in [0.2, 0.25) is 0 Å². The van der Waals surface area contributed by atoms with Gasteiger partial charge in [-0.1, -0.05) is 0 Å². The van der Waals surface area contributed by atoms with Crippen molar-refractivity contribution in [2.45, 2.75) is 0 Å². The molecule has 0 spiro atoms. The van der Waals surface area contributed by atoms with Crippen LogP contribution in [0, 0.1) is 5.82 Å². The van der Waals surface area contributed by atoms with Crippen LogP contribution in [0.2, 0.25) is 0 Å². The lowest BCUT2D eigenvalue weighted by Gasteiger charge is -2.07. The third-order valence-electron chi connectivity index (χ3n) is 2.61. The molecule has 7 heteroatoms. The first kappa shape index (κ1) is 12.1. The molecule has 2 N–H and O–H groups in total. The van der Waals surface area contributed by atoms with Gasteiger partial charge in [0.25, 0.3) is 0 Å². The maximum atomic E-state index is 12.7. The lowest BCUT2D eigenvalue weighted by Crippen LogP contribution is -2.19. The first-order valence-corrected chi connectivity index (χ1v) is 5.76. The normalized spacial score (nSPS) is 10.4. The number of hydrogen-bond acceptors (Lipinski definition) is 4. The Bertz CT molecular complexity index is 754. The zero-order valence-electron chi connectivity index (χ0n) is 10.1. The number of benzene rings is 2. The monoisotopic (exact) mass is 272 g/mol. The summed E-state index contributed by atoms with van der Waals surface area (Å²) in [7, 11) is 0. The number of urea groups is 1. The first-order valence-electron chi connectivity index (χ1n) is 5.76. The maximum Gasteiger partial charge on any atom is 0.323 e. The Morgan fingerprint density at radius 2 is 1.75 bits per heavy atom. The molecule has 0 aliphatic rings. The van der Waals surface area contributed by atoms with Crippen molar-refractivity contribution in [3.8, 4) is 0 Å². The minimum atomic E-state index is -0.438. The van der Waals surface area contributed by atoms with Gasteiger partial charge in [0.15, 0.2) is 5.58 Å². The zero-order chi connectivity index (χ0) is 13.9. The lowest BCUT2D eigenvalue weighted by atomic mass is 10.3. The Balaban J connectivity index is 1.70. The smallest absolute Gasteiger partial charge is 0.323 e. The molecule has 2 amide bonds. The number of anilines is 2. The number of carbonyl (C=O) groups is 1. The highest BCUT2D eigenvalue weighted by Gasteiger charge is 2.05. The summed E-state index contributed by atoms with van der Waals surface area (Å²) < 4.78 is 17.6. The van der Waals surface area contributed by atoms with Crippen LogP contribution in [0.25, 0.3) is 11.1 Å².